The van der Waals surface area contributed by atoms with E-state index in [2.05, 4.69) is 0 Å². The summed E-state index contributed by atoms with van der Waals surface area (Å²) in [6.45, 7) is 6.41. The van der Waals surface area contributed by atoms with E-state index >= 15 is 0 Å². The summed E-state index contributed by atoms with van der Waals surface area (Å²) in [5.41, 5.74) is 1.51. The molecule has 1 aliphatic heterocycles. The van der Waals surface area contributed by atoms with Crippen LogP contribution in [0.4, 0.5) is 4.79 Å². The molecule has 19 heavy (non-hydrogen) atoms. The Morgan fingerprint density at radius 3 is 2.58 bits per heavy atom. The Morgan fingerprint density at radius 2 is 2.05 bits per heavy atom. The maximum atomic E-state index is 11.4. The van der Waals surface area contributed by atoms with Crippen LogP contribution in [0.15, 0.2) is 12.1 Å². The molecule has 2 N–H and O–H groups in total. The van der Waals surface area contributed by atoms with Crippen molar-refractivity contribution in [1.82, 2.24) is 4.90 Å². The molecule has 5 heteroatoms. The normalized spacial score (nSPS) is 19.2. The second kappa shape index (κ2) is 4.60. The number of halogens is 1. The molecule has 0 fully saturated rings. The van der Waals surface area contributed by atoms with E-state index in [-0.39, 0.29) is 17.2 Å². The van der Waals surface area contributed by atoms with Crippen molar-refractivity contribution in [3.05, 3.63) is 28.3 Å². The van der Waals surface area contributed by atoms with Gasteiger partial charge < -0.3 is 15.1 Å². The van der Waals surface area contributed by atoms with Crippen LogP contribution in [0.2, 0.25) is 5.02 Å². The van der Waals surface area contributed by atoms with E-state index in [1.54, 1.807) is 6.07 Å². The molecule has 0 bridgehead atoms. The van der Waals surface area contributed by atoms with Crippen LogP contribution < -0.4 is 0 Å². The molecule has 0 saturated carbocycles. The first-order valence-electron chi connectivity index (χ1n) is 6.23. The molecule has 104 valence electrons. The average molecular weight is 284 g/mol. The van der Waals surface area contributed by atoms with Crippen molar-refractivity contribution >= 4 is 17.7 Å². The number of phenolic OH excluding ortho intramolecular Hbond substituents is 1. The zero-order valence-corrected chi connectivity index (χ0v) is 12.0. The van der Waals surface area contributed by atoms with Gasteiger partial charge in [0.2, 0.25) is 0 Å². The Kier molecular flexibility index (Phi) is 3.39. The number of rotatable bonds is 0. The Bertz CT molecular complexity index is 522. The van der Waals surface area contributed by atoms with Gasteiger partial charge in [-0.05, 0) is 29.0 Å². The van der Waals surface area contributed by atoms with E-state index in [0.717, 1.165) is 11.1 Å². The third-order valence-electron chi connectivity index (χ3n) is 3.53. The van der Waals surface area contributed by atoms with Crippen LogP contribution in [-0.4, -0.2) is 27.8 Å². The minimum absolute atomic E-state index is 0.0526. The zero-order chi connectivity index (χ0) is 14.4. The van der Waals surface area contributed by atoms with Crippen molar-refractivity contribution in [3.63, 3.8) is 0 Å². The first-order chi connectivity index (χ1) is 8.73. The van der Waals surface area contributed by atoms with Crippen LogP contribution in [0.25, 0.3) is 0 Å². The average Bonchev–Trinajstić information content (AvgIpc) is 2.31. The van der Waals surface area contributed by atoms with Crippen molar-refractivity contribution in [2.24, 2.45) is 5.41 Å². The molecular weight excluding hydrogens is 266 g/mol. The Hall–Kier alpha value is -1.42. The van der Waals surface area contributed by atoms with Crippen LogP contribution in [-0.2, 0) is 6.42 Å². The standard InChI is InChI=1S/C14H18ClNO3/c1-14(2,3)12-9-4-5-10(17)11(15)8(9)6-7-16(12)13(18)19/h4-5,12,17H,6-7H2,1-3H3,(H,18,19). The summed E-state index contributed by atoms with van der Waals surface area (Å²) in [7, 11) is 0. The lowest BCUT2D eigenvalue weighted by Crippen LogP contribution is -2.44. The van der Waals surface area contributed by atoms with Gasteiger partial charge in [0.05, 0.1) is 11.1 Å². The highest BCUT2D eigenvalue weighted by molar-refractivity contribution is 6.32. The number of carbonyl (C=O) groups is 1. The maximum absolute atomic E-state index is 11.4. The number of aromatic hydroxyl groups is 1. The number of hydrogen-bond donors (Lipinski definition) is 2. The molecule has 1 unspecified atom stereocenters. The molecule has 1 atom stereocenters. The summed E-state index contributed by atoms with van der Waals surface area (Å²) in [5, 5.41) is 19.4. The molecule has 2 rings (SSSR count). The minimum Gasteiger partial charge on any atom is -0.506 e. The van der Waals surface area contributed by atoms with Gasteiger partial charge in [0.25, 0.3) is 0 Å². The van der Waals surface area contributed by atoms with Crippen LogP contribution in [0.5, 0.6) is 5.75 Å². The number of phenols is 1. The monoisotopic (exact) mass is 283 g/mol. The first kappa shape index (κ1) is 14.0. The third kappa shape index (κ3) is 2.37. The van der Waals surface area contributed by atoms with Crippen LogP contribution in [0.1, 0.15) is 37.9 Å². The zero-order valence-electron chi connectivity index (χ0n) is 11.3. The van der Waals surface area contributed by atoms with E-state index in [9.17, 15) is 15.0 Å². The predicted octanol–water partition coefficient (Wildman–Crippen LogP) is 3.67. The molecule has 0 spiro atoms. The lowest BCUT2D eigenvalue weighted by Gasteiger charge is -2.43. The van der Waals surface area contributed by atoms with Gasteiger partial charge in [0, 0.05) is 6.54 Å². The van der Waals surface area contributed by atoms with Gasteiger partial charge in [-0.15, -0.1) is 0 Å². The quantitative estimate of drug-likeness (QED) is 0.764. The second-order valence-corrected chi connectivity index (χ2v) is 6.34. The van der Waals surface area contributed by atoms with Crippen LogP contribution >= 0.6 is 11.6 Å². The van der Waals surface area contributed by atoms with Gasteiger partial charge in [0.15, 0.2) is 0 Å². The van der Waals surface area contributed by atoms with Crippen molar-refractivity contribution in [3.8, 4) is 5.75 Å². The highest BCUT2D eigenvalue weighted by Crippen LogP contribution is 2.45. The lowest BCUT2D eigenvalue weighted by atomic mass is 9.77. The van der Waals surface area contributed by atoms with Crippen molar-refractivity contribution in [1.29, 1.82) is 0 Å². The van der Waals surface area contributed by atoms with Gasteiger partial charge in [-0.25, -0.2) is 4.79 Å². The number of benzene rings is 1. The fourth-order valence-corrected chi connectivity index (χ4v) is 3.07. The molecule has 0 aliphatic carbocycles. The Morgan fingerprint density at radius 1 is 1.42 bits per heavy atom. The van der Waals surface area contributed by atoms with E-state index in [1.165, 1.54) is 11.0 Å². The predicted molar refractivity (Wildman–Crippen MR) is 73.7 cm³/mol. The molecule has 1 aromatic rings. The SMILES string of the molecule is CC(C)(C)C1c2ccc(O)c(Cl)c2CCN1C(=O)O. The number of fused-ring (bicyclic) bond motifs is 1. The largest absolute Gasteiger partial charge is 0.506 e. The van der Waals surface area contributed by atoms with Gasteiger partial charge >= 0.3 is 6.09 Å². The van der Waals surface area contributed by atoms with Crippen molar-refractivity contribution in [2.75, 3.05) is 6.54 Å². The van der Waals surface area contributed by atoms with Crippen molar-refractivity contribution < 1.29 is 15.0 Å². The van der Waals surface area contributed by atoms with Crippen molar-refractivity contribution in [2.45, 2.75) is 33.2 Å². The summed E-state index contributed by atoms with van der Waals surface area (Å²) in [6.07, 6.45) is -0.392. The Labute approximate surface area is 117 Å². The highest BCUT2D eigenvalue weighted by atomic mass is 35.5. The Balaban J connectivity index is 2.60. The summed E-state index contributed by atoms with van der Waals surface area (Å²) < 4.78 is 0. The van der Waals surface area contributed by atoms with E-state index in [4.69, 9.17) is 11.6 Å². The second-order valence-electron chi connectivity index (χ2n) is 5.96. The molecule has 0 radical (unpaired) electrons. The van der Waals surface area contributed by atoms with Gasteiger partial charge in [-0.1, -0.05) is 38.4 Å². The molecule has 4 nitrogen and oxygen atoms in total. The number of nitrogens with zero attached hydrogens (tertiary/aromatic N) is 1. The summed E-state index contributed by atoms with van der Waals surface area (Å²) in [4.78, 5) is 12.9. The molecule has 0 aromatic heterocycles. The van der Waals surface area contributed by atoms with E-state index in [0.29, 0.717) is 18.0 Å². The third-order valence-corrected chi connectivity index (χ3v) is 3.96. The molecule has 1 aromatic carbocycles. The van der Waals surface area contributed by atoms with Crippen LogP contribution in [0, 0.1) is 5.41 Å². The van der Waals surface area contributed by atoms with E-state index < -0.39 is 6.09 Å². The maximum Gasteiger partial charge on any atom is 0.407 e. The van der Waals surface area contributed by atoms with Gasteiger partial charge in [-0.3, -0.25) is 0 Å². The molecular formula is C14H18ClNO3. The summed E-state index contributed by atoms with van der Waals surface area (Å²) in [6, 6.07) is 3.05. The molecule has 1 aliphatic rings. The van der Waals surface area contributed by atoms with Gasteiger partial charge in [-0.2, -0.15) is 0 Å². The fraction of sp³-hybridized carbons (Fsp3) is 0.500. The number of hydrogen-bond acceptors (Lipinski definition) is 2. The first-order valence-corrected chi connectivity index (χ1v) is 6.61. The molecule has 1 amide bonds. The topological polar surface area (TPSA) is 60.8 Å². The van der Waals surface area contributed by atoms with Crippen LogP contribution in [0.3, 0.4) is 0 Å². The summed E-state index contributed by atoms with van der Waals surface area (Å²) >= 11 is 6.14. The smallest absolute Gasteiger partial charge is 0.407 e. The highest BCUT2D eigenvalue weighted by Gasteiger charge is 2.39. The summed E-state index contributed by atoms with van der Waals surface area (Å²) in [5.74, 6) is 0.0526. The van der Waals surface area contributed by atoms with Gasteiger partial charge in [0.1, 0.15) is 5.75 Å². The lowest BCUT2D eigenvalue weighted by molar-refractivity contribution is 0.0759. The number of amides is 1. The minimum atomic E-state index is -0.922. The molecule has 1 heterocycles. The fourth-order valence-electron chi connectivity index (χ4n) is 2.80. The van der Waals surface area contributed by atoms with E-state index in [1.807, 2.05) is 20.8 Å². The molecule has 0 saturated heterocycles. The number of carboxylic acid groups (broad SMARTS) is 1.